The van der Waals surface area contributed by atoms with Crippen molar-refractivity contribution in [2.24, 2.45) is 14.1 Å². The maximum atomic E-state index is 6.10. The molecule has 0 bridgehead atoms. The molecule has 3 aromatic heterocycles. The van der Waals surface area contributed by atoms with E-state index in [0.717, 1.165) is 33.3 Å². The smallest absolute Gasteiger partial charge is 0.203 e. The minimum absolute atomic E-state index is 0.436. The van der Waals surface area contributed by atoms with Crippen molar-refractivity contribution in [1.29, 1.82) is 0 Å². The van der Waals surface area contributed by atoms with Gasteiger partial charge in [0.25, 0.3) is 0 Å². The van der Waals surface area contributed by atoms with Gasteiger partial charge in [-0.25, -0.2) is 9.97 Å². The molecule has 104 valence electrons. The lowest BCUT2D eigenvalue weighted by Gasteiger charge is -2.01. The Kier molecular flexibility index (Phi) is 2.49. The van der Waals surface area contributed by atoms with Gasteiger partial charge in [0, 0.05) is 25.9 Å². The maximum Gasteiger partial charge on any atom is 0.203 e. The van der Waals surface area contributed by atoms with Gasteiger partial charge < -0.3 is 4.57 Å². The highest BCUT2D eigenvalue weighted by atomic mass is 35.5. The van der Waals surface area contributed by atoms with Crippen LogP contribution in [-0.2, 0) is 14.1 Å². The highest BCUT2D eigenvalue weighted by Gasteiger charge is 2.12. The van der Waals surface area contributed by atoms with E-state index in [0.29, 0.717) is 5.28 Å². The van der Waals surface area contributed by atoms with Crippen LogP contribution in [-0.4, -0.2) is 29.3 Å². The fourth-order valence-corrected chi connectivity index (χ4v) is 2.57. The first-order chi connectivity index (χ1) is 10.1. The van der Waals surface area contributed by atoms with Crippen molar-refractivity contribution in [2.75, 3.05) is 0 Å². The summed E-state index contributed by atoms with van der Waals surface area (Å²) >= 11 is 6.10. The van der Waals surface area contributed by atoms with Crippen LogP contribution in [0.4, 0.5) is 0 Å². The van der Waals surface area contributed by atoms with E-state index < -0.39 is 0 Å². The molecule has 4 rings (SSSR count). The predicted octanol–water partition coefficient (Wildman–Crippen LogP) is 2.57. The summed E-state index contributed by atoms with van der Waals surface area (Å²) in [6.07, 6.45) is 5.42. The third kappa shape index (κ3) is 1.80. The number of fused-ring (bicyclic) bond motifs is 3. The molecule has 0 fully saturated rings. The summed E-state index contributed by atoms with van der Waals surface area (Å²) < 4.78 is 3.56. The Hall–Kier alpha value is -2.47. The average molecular weight is 299 g/mol. The minimum Gasteiger partial charge on any atom is -0.318 e. The van der Waals surface area contributed by atoms with E-state index in [1.165, 1.54) is 0 Å². The minimum atomic E-state index is 0.436. The molecule has 0 N–H and O–H groups in total. The number of aryl methyl sites for hydroxylation is 2. The van der Waals surface area contributed by atoms with E-state index in [1.807, 2.05) is 37.0 Å². The molecule has 3 heterocycles. The third-order valence-corrected chi connectivity index (χ3v) is 3.85. The first-order valence-corrected chi connectivity index (χ1v) is 6.78. The van der Waals surface area contributed by atoms with E-state index >= 15 is 0 Å². The van der Waals surface area contributed by atoms with Gasteiger partial charge in [0.1, 0.15) is 11.0 Å². The largest absolute Gasteiger partial charge is 0.318 e. The number of benzene rings is 1. The van der Waals surface area contributed by atoms with Crippen LogP contribution in [0.2, 0.25) is 5.28 Å². The molecular weight excluding hydrogens is 288 g/mol. The van der Waals surface area contributed by atoms with Gasteiger partial charge in [-0.1, -0.05) is 0 Å². The summed E-state index contributed by atoms with van der Waals surface area (Å²) in [7, 11) is 3.75. The Balaban J connectivity index is 2.05. The fraction of sp³-hybridized carbons (Fsp3) is 0.143. The van der Waals surface area contributed by atoms with E-state index in [1.54, 1.807) is 17.1 Å². The van der Waals surface area contributed by atoms with Crippen LogP contribution in [0.3, 0.4) is 0 Å². The summed E-state index contributed by atoms with van der Waals surface area (Å²) in [5, 5.41) is 4.60. The van der Waals surface area contributed by atoms with E-state index in [2.05, 4.69) is 15.1 Å². The van der Waals surface area contributed by atoms with Crippen molar-refractivity contribution in [1.82, 2.24) is 29.3 Å². The van der Waals surface area contributed by atoms with E-state index in [-0.39, 0.29) is 0 Å². The van der Waals surface area contributed by atoms with Crippen LogP contribution < -0.4 is 0 Å². The van der Waals surface area contributed by atoms with E-state index in [9.17, 15) is 0 Å². The number of hydrogen-bond acceptors (Lipinski definition) is 4. The summed E-state index contributed by atoms with van der Waals surface area (Å²) in [4.78, 5) is 13.5. The third-order valence-electron chi connectivity index (χ3n) is 3.51. The van der Waals surface area contributed by atoms with Gasteiger partial charge in [-0.05, 0) is 23.7 Å². The van der Waals surface area contributed by atoms with Gasteiger partial charge in [-0.15, -0.1) is 0 Å². The second-order valence-corrected chi connectivity index (χ2v) is 5.24. The van der Waals surface area contributed by atoms with Crippen molar-refractivity contribution in [3.8, 4) is 11.3 Å². The lowest BCUT2D eigenvalue weighted by Crippen LogP contribution is -1.90. The van der Waals surface area contributed by atoms with Crippen LogP contribution in [0.5, 0.6) is 0 Å². The molecule has 0 aliphatic carbocycles. The average Bonchev–Trinajstić information content (AvgIpc) is 3.04. The van der Waals surface area contributed by atoms with Gasteiger partial charge in [0.2, 0.25) is 5.28 Å². The molecule has 0 aliphatic rings. The highest BCUT2D eigenvalue weighted by Crippen LogP contribution is 2.26. The molecule has 0 atom stereocenters. The number of nitrogens with zero attached hydrogens (tertiary/aromatic N) is 6. The Morgan fingerprint density at radius 2 is 1.90 bits per heavy atom. The maximum absolute atomic E-state index is 6.10. The zero-order valence-electron chi connectivity index (χ0n) is 11.4. The van der Waals surface area contributed by atoms with Crippen molar-refractivity contribution in [3.05, 3.63) is 36.0 Å². The molecule has 0 radical (unpaired) electrons. The molecule has 0 amide bonds. The zero-order chi connectivity index (χ0) is 14.6. The molecule has 0 saturated carbocycles. The zero-order valence-corrected chi connectivity index (χ0v) is 12.2. The molecule has 6 nitrogen and oxygen atoms in total. The molecule has 7 heteroatoms. The normalized spacial score (nSPS) is 11.6. The molecule has 0 unspecified atom stereocenters. The van der Waals surface area contributed by atoms with Crippen LogP contribution in [0.1, 0.15) is 0 Å². The van der Waals surface area contributed by atoms with Gasteiger partial charge >= 0.3 is 0 Å². The van der Waals surface area contributed by atoms with E-state index in [4.69, 9.17) is 16.6 Å². The van der Waals surface area contributed by atoms with Crippen LogP contribution in [0.25, 0.3) is 33.3 Å². The van der Waals surface area contributed by atoms with Crippen molar-refractivity contribution in [3.63, 3.8) is 0 Å². The van der Waals surface area contributed by atoms with Crippen molar-refractivity contribution < 1.29 is 0 Å². The summed E-state index contributed by atoms with van der Waals surface area (Å²) in [6, 6.07) is 3.88. The number of imidazole rings is 1. The van der Waals surface area contributed by atoms with Crippen molar-refractivity contribution in [2.45, 2.75) is 0 Å². The summed E-state index contributed by atoms with van der Waals surface area (Å²) in [6.45, 7) is 0. The standard InChI is InChI=1S/C14H11ClN6/c1-20-7-8(5-17-20)10-6-16-9-3-4-11-13(12(9)18-10)19-14(15)21(11)2/h3-7H,1-2H3. The topological polar surface area (TPSA) is 61.4 Å². The number of halogens is 1. The quantitative estimate of drug-likeness (QED) is 0.542. The number of aromatic nitrogens is 6. The van der Waals surface area contributed by atoms with Gasteiger partial charge in [-0.2, -0.15) is 5.10 Å². The first kappa shape index (κ1) is 12.3. The Bertz CT molecular complexity index is 984. The first-order valence-electron chi connectivity index (χ1n) is 6.40. The second-order valence-electron chi connectivity index (χ2n) is 4.90. The lowest BCUT2D eigenvalue weighted by molar-refractivity contribution is 0.768. The molecule has 0 saturated heterocycles. The predicted molar refractivity (Wildman–Crippen MR) is 81.0 cm³/mol. The van der Waals surface area contributed by atoms with Gasteiger partial charge in [0.15, 0.2) is 0 Å². The Morgan fingerprint density at radius 1 is 1.05 bits per heavy atom. The van der Waals surface area contributed by atoms with Crippen LogP contribution in [0.15, 0.2) is 30.7 Å². The number of rotatable bonds is 1. The van der Waals surface area contributed by atoms with Gasteiger partial charge in [-0.3, -0.25) is 9.67 Å². The molecule has 0 aliphatic heterocycles. The second kappa shape index (κ2) is 4.26. The van der Waals surface area contributed by atoms with Crippen LogP contribution in [0, 0.1) is 0 Å². The SMILES string of the molecule is Cn1cc(-c2cnc3ccc4c(nc(Cl)n4C)c3n2)cn1. The van der Waals surface area contributed by atoms with Crippen molar-refractivity contribution >= 4 is 33.7 Å². The lowest BCUT2D eigenvalue weighted by atomic mass is 10.2. The number of hydrogen-bond donors (Lipinski definition) is 0. The highest BCUT2D eigenvalue weighted by molar-refractivity contribution is 6.29. The summed E-state index contributed by atoms with van der Waals surface area (Å²) in [5.41, 5.74) is 4.93. The monoisotopic (exact) mass is 298 g/mol. The molecule has 21 heavy (non-hydrogen) atoms. The Labute approximate surface area is 125 Å². The molecule has 4 aromatic rings. The summed E-state index contributed by atoms with van der Waals surface area (Å²) in [5.74, 6) is 0. The molecule has 0 spiro atoms. The Morgan fingerprint density at radius 3 is 2.67 bits per heavy atom. The fourth-order valence-electron chi connectivity index (χ4n) is 2.39. The van der Waals surface area contributed by atoms with Crippen LogP contribution >= 0.6 is 11.6 Å². The van der Waals surface area contributed by atoms with Gasteiger partial charge in [0.05, 0.1) is 29.1 Å². The molecular formula is C14H11ClN6. The molecule has 1 aromatic carbocycles.